The van der Waals surface area contributed by atoms with E-state index in [1.165, 1.54) is 12.8 Å². The van der Waals surface area contributed by atoms with Gasteiger partial charge in [-0.15, -0.1) is 0 Å². The molecule has 5 heteroatoms. The van der Waals surface area contributed by atoms with Gasteiger partial charge in [-0.3, -0.25) is 4.79 Å². The molecule has 1 aromatic heterocycles. The first-order valence-corrected chi connectivity index (χ1v) is 6.16. The van der Waals surface area contributed by atoms with Crippen LogP contribution >= 0.6 is 0 Å². The minimum Gasteiger partial charge on any atom is -0.352 e. The Hall–Kier alpha value is -1.36. The van der Waals surface area contributed by atoms with E-state index in [1.807, 2.05) is 17.7 Å². The lowest BCUT2D eigenvalue weighted by Crippen LogP contribution is -2.39. The summed E-state index contributed by atoms with van der Waals surface area (Å²) in [5.41, 5.74) is 5.92. The number of hydrogen-bond donors (Lipinski definition) is 2. The van der Waals surface area contributed by atoms with Crippen LogP contribution in [0, 0.1) is 5.92 Å². The average molecular weight is 236 g/mol. The second kappa shape index (κ2) is 5.31. The summed E-state index contributed by atoms with van der Waals surface area (Å²) in [4.78, 5) is 15.7. The molecule has 0 aliphatic heterocycles. The Balaban J connectivity index is 1.70. The first kappa shape index (κ1) is 12.1. The lowest BCUT2D eigenvalue weighted by molar-refractivity contribution is -0.122. The average Bonchev–Trinajstić information content (AvgIpc) is 2.99. The summed E-state index contributed by atoms with van der Waals surface area (Å²) in [6.45, 7) is 2.73. The molecule has 2 atom stereocenters. The van der Waals surface area contributed by atoms with Crippen LogP contribution in [0.4, 0.5) is 0 Å². The molecule has 0 aromatic carbocycles. The molecule has 3 N–H and O–H groups in total. The molecule has 1 fully saturated rings. The van der Waals surface area contributed by atoms with Crippen LogP contribution in [-0.2, 0) is 11.3 Å². The van der Waals surface area contributed by atoms with Crippen molar-refractivity contribution in [1.29, 1.82) is 0 Å². The van der Waals surface area contributed by atoms with E-state index in [1.54, 1.807) is 12.5 Å². The van der Waals surface area contributed by atoms with Gasteiger partial charge in [-0.05, 0) is 25.7 Å². The van der Waals surface area contributed by atoms with E-state index in [-0.39, 0.29) is 18.0 Å². The van der Waals surface area contributed by atoms with E-state index in [9.17, 15) is 4.79 Å². The maximum Gasteiger partial charge on any atom is 0.221 e. The van der Waals surface area contributed by atoms with E-state index in [4.69, 9.17) is 5.73 Å². The summed E-state index contributed by atoms with van der Waals surface area (Å²) in [7, 11) is 0. The highest BCUT2D eigenvalue weighted by molar-refractivity contribution is 5.76. The van der Waals surface area contributed by atoms with Gasteiger partial charge in [0.1, 0.15) is 0 Å². The highest BCUT2D eigenvalue weighted by Crippen LogP contribution is 2.32. The van der Waals surface area contributed by atoms with E-state index < -0.39 is 0 Å². The number of rotatable bonds is 6. The zero-order valence-electron chi connectivity index (χ0n) is 10.2. The SMILES string of the molecule is CC(Cn1ccnc1)NC(=O)CC(N)C1CC1. The number of nitrogens with two attached hydrogens (primary N) is 1. The van der Waals surface area contributed by atoms with Gasteiger partial charge < -0.3 is 15.6 Å². The number of nitrogens with one attached hydrogen (secondary N) is 1. The molecule has 2 unspecified atom stereocenters. The summed E-state index contributed by atoms with van der Waals surface area (Å²) in [5, 5.41) is 2.96. The predicted octanol–water partition coefficient (Wildman–Crippen LogP) is 0.515. The highest BCUT2D eigenvalue weighted by Gasteiger charge is 2.29. The van der Waals surface area contributed by atoms with E-state index in [2.05, 4.69) is 10.3 Å². The van der Waals surface area contributed by atoms with Crippen molar-refractivity contribution in [2.24, 2.45) is 11.7 Å². The van der Waals surface area contributed by atoms with Crippen LogP contribution in [0.15, 0.2) is 18.7 Å². The van der Waals surface area contributed by atoms with Crippen molar-refractivity contribution < 1.29 is 4.79 Å². The second-order valence-corrected chi connectivity index (χ2v) is 4.93. The molecule has 5 nitrogen and oxygen atoms in total. The summed E-state index contributed by atoms with van der Waals surface area (Å²) in [5.74, 6) is 0.627. The van der Waals surface area contributed by atoms with Crippen molar-refractivity contribution in [3.63, 3.8) is 0 Å². The Morgan fingerprint density at radius 2 is 2.41 bits per heavy atom. The number of carbonyl (C=O) groups excluding carboxylic acids is 1. The molecule has 17 heavy (non-hydrogen) atoms. The Labute approximate surface area is 101 Å². The third-order valence-electron chi connectivity index (χ3n) is 3.10. The van der Waals surface area contributed by atoms with Crippen molar-refractivity contribution in [2.75, 3.05) is 0 Å². The molecule has 0 bridgehead atoms. The van der Waals surface area contributed by atoms with Crippen LogP contribution in [0.2, 0.25) is 0 Å². The number of imidazole rings is 1. The van der Waals surface area contributed by atoms with Gasteiger partial charge in [-0.2, -0.15) is 0 Å². The molecule has 94 valence electrons. The summed E-state index contributed by atoms with van der Waals surface area (Å²) >= 11 is 0. The minimum absolute atomic E-state index is 0.0374. The quantitative estimate of drug-likeness (QED) is 0.756. The maximum atomic E-state index is 11.7. The van der Waals surface area contributed by atoms with Crippen molar-refractivity contribution in [3.05, 3.63) is 18.7 Å². The smallest absolute Gasteiger partial charge is 0.221 e. The molecule has 1 amide bonds. The Morgan fingerprint density at radius 3 is 3.00 bits per heavy atom. The maximum absolute atomic E-state index is 11.7. The first-order valence-electron chi connectivity index (χ1n) is 6.16. The van der Waals surface area contributed by atoms with Gasteiger partial charge in [0.25, 0.3) is 0 Å². The van der Waals surface area contributed by atoms with Crippen molar-refractivity contribution in [1.82, 2.24) is 14.9 Å². The third kappa shape index (κ3) is 3.85. The fourth-order valence-electron chi connectivity index (χ4n) is 2.00. The van der Waals surface area contributed by atoms with Crippen LogP contribution in [0.3, 0.4) is 0 Å². The fourth-order valence-corrected chi connectivity index (χ4v) is 2.00. The lowest BCUT2D eigenvalue weighted by atomic mass is 10.1. The van der Waals surface area contributed by atoms with Crippen LogP contribution in [0.25, 0.3) is 0 Å². The molecule has 0 spiro atoms. The van der Waals surface area contributed by atoms with Crippen molar-refractivity contribution in [3.8, 4) is 0 Å². The number of amides is 1. The normalized spacial score (nSPS) is 18.7. The Bertz CT molecular complexity index is 359. The lowest BCUT2D eigenvalue weighted by Gasteiger charge is -2.16. The molecular weight excluding hydrogens is 216 g/mol. The molecule has 1 saturated carbocycles. The van der Waals surface area contributed by atoms with Gasteiger partial charge in [0.15, 0.2) is 0 Å². The largest absolute Gasteiger partial charge is 0.352 e. The minimum atomic E-state index is 0.0374. The monoisotopic (exact) mass is 236 g/mol. The van der Waals surface area contributed by atoms with Gasteiger partial charge in [-0.1, -0.05) is 0 Å². The van der Waals surface area contributed by atoms with Crippen LogP contribution in [0.1, 0.15) is 26.2 Å². The van der Waals surface area contributed by atoms with Crippen LogP contribution < -0.4 is 11.1 Å². The summed E-state index contributed by atoms with van der Waals surface area (Å²) in [6.07, 6.45) is 8.17. The number of carbonyl (C=O) groups is 1. The predicted molar refractivity (Wildman–Crippen MR) is 65.1 cm³/mol. The van der Waals surface area contributed by atoms with E-state index in [0.717, 1.165) is 6.54 Å². The zero-order valence-corrected chi connectivity index (χ0v) is 10.2. The first-order chi connectivity index (χ1) is 8.15. The highest BCUT2D eigenvalue weighted by atomic mass is 16.1. The standard InChI is InChI=1S/C12H20N4O/c1-9(7-16-5-4-14-8-16)15-12(17)6-11(13)10-2-3-10/h4-5,8-11H,2-3,6-7,13H2,1H3,(H,15,17). The number of hydrogen-bond acceptors (Lipinski definition) is 3. The van der Waals surface area contributed by atoms with Gasteiger partial charge in [0.05, 0.1) is 6.33 Å². The molecular formula is C12H20N4O. The Kier molecular flexibility index (Phi) is 3.78. The molecule has 1 aliphatic rings. The van der Waals surface area contributed by atoms with Crippen LogP contribution in [0.5, 0.6) is 0 Å². The fraction of sp³-hybridized carbons (Fsp3) is 0.667. The molecule has 1 aliphatic carbocycles. The van der Waals surface area contributed by atoms with E-state index in [0.29, 0.717) is 12.3 Å². The molecule has 0 radical (unpaired) electrons. The van der Waals surface area contributed by atoms with Crippen molar-refractivity contribution >= 4 is 5.91 Å². The van der Waals surface area contributed by atoms with E-state index >= 15 is 0 Å². The number of aromatic nitrogens is 2. The van der Waals surface area contributed by atoms with Gasteiger partial charge in [0, 0.05) is 37.4 Å². The zero-order chi connectivity index (χ0) is 12.3. The molecule has 0 saturated heterocycles. The van der Waals surface area contributed by atoms with Crippen LogP contribution in [-0.4, -0.2) is 27.5 Å². The van der Waals surface area contributed by atoms with Gasteiger partial charge >= 0.3 is 0 Å². The molecule has 1 aromatic rings. The third-order valence-corrected chi connectivity index (χ3v) is 3.10. The van der Waals surface area contributed by atoms with Crippen molar-refractivity contribution in [2.45, 2.75) is 44.8 Å². The second-order valence-electron chi connectivity index (χ2n) is 4.93. The summed E-state index contributed by atoms with van der Waals surface area (Å²) in [6, 6.07) is 0.138. The van der Waals surface area contributed by atoms with Gasteiger partial charge in [-0.25, -0.2) is 4.98 Å². The topological polar surface area (TPSA) is 72.9 Å². The molecule has 2 rings (SSSR count). The molecule has 1 heterocycles. The Morgan fingerprint density at radius 1 is 1.65 bits per heavy atom. The number of nitrogens with zero attached hydrogens (tertiary/aromatic N) is 2. The summed E-state index contributed by atoms with van der Waals surface area (Å²) < 4.78 is 1.95. The van der Waals surface area contributed by atoms with Gasteiger partial charge in [0.2, 0.25) is 5.91 Å².